The van der Waals surface area contributed by atoms with Gasteiger partial charge in [-0.15, -0.1) is 10.2 Å². The highest BCUT2D eigenvalue weighted by atomic mass is 15.3. The van der Waals surface area contributed by atoms with Crippen LogP contribution in [0.4, 0.5) is 0 Å². The minimum Gasteiger partial charge on any atom is -0.275 e. The van der Waals surface area contributed by atoms with Crippen LogP contribution in [-0.4, -0.2) is 14.8 Å². The van der Waals surface area contributed by atoms with Gasteiger partial charge in [0.05, 0.1) is 0 Å². The van der Waals surface area contributed by atoms with E-state index in [-0.39, 0.29) is 0 Å². The minimum atomic E-state index is 0.747. The number of nitrogens with zero attached hydrogens (tertiary/aromatic N) is 3. The van der Waals surface area contributed by atoms with Gasteiger partial charge in [-0.05, 0) is 39.8 Å². The molecule has 0 saturated heterocycles. The Bertz CT molecular complexity index is 850. The molecule has 0 aliphatic heterocycles. The summed E-state index contributed by atoms with van der Waals surface area (Å²) in [6.45, 7) is 15.7. The van der Waals surface area contributed by atoms with E-state index in [0.717, 1.165) is 28.5 Å². The molecule has 0 amide bonds. The zero-order chi connectivity index (χ0) is 20.1. The molecule has 0 aliphatic carbocycles. The van der Waals surface area contributed by atoms with Crippen molar-refractivity contribution in [3.05, 3.63) is 104 Å². The Morgan fingerprint density at radius 3 is 1.93 bits per heavy atom. The van der Waals surface area contributed by atoms with Crippen molar-refractivity contribution in [3.63, 3.8) is 0 Å². The predicted octanol–water partition coefficient (Wildman–Crippen LogP) is 6.56. The minimum absolute atomic E-state index is 0.747. The van der Waals surface area contributed by atoms with Crippen LogP contribution in [0.1, 0.15) is 39.3 Å². The first-order chi connectivity index (χ1) is 13.2. The summed E-state index contributed by atoms with van der Waals surface area (Å²) in [6, 6.07) is 0. The Kier molecular flexibility index (Phi) is 9.87. The maximum atomic E-state index is 4.49. The van der Waals surface area contributed by atoms with E-state index in [1.54, 1.807) is 6.08 Å². The molecule has 0 atom stereocenters. The molecular formula is C24H29N3. The Balaban J connectivity index is 3.83. The highest BCUT2D eigenvalue weighted by molar-refractivity contribution is 5.79. The van der Waals surface area contributed by atoms with Gasteiger partial charge in [0.1, 0.15) is 0 Å². The van der Waals surface area contributed by atoms with Gasteiger partial charge in [0.15, 0.2) is 11.6 Å². The number of hydrogen-bond acceptors (Lipinski definition) is 2. The van der Waals surface area contributed by atoms with Gasteiger partial charge >= 0.3 is 0 Å². The SMILES string of the molecule is C=C/C=C\C(=C/C)c1nnc(C(/C=C\C)=C/C=C\C)n1/C(C=C)=C/C=C\C. The second-order valence-electron chi connectivity index (χ2n) is 5.49. The molecule has 0 aliphatic rings. The second kappa shape index (κ2) is 12.2. The second-order valence-corrected chi connectivity index (χ2v) is 5.49. The summed E-state index contributed by atoms with van der Waals surface area (Å²) in [5, 5.41) is 8.96. The van der Waals surface area contributed by atoms with Crippen LogP contribution in [0, 0.1) is 0 Å². The standard InChI is InChI=1S/C24H29N3/c1-7-13-17-20(11-5)23-25-26-24(21(16-10-4)18-14-8-2)27(23)22(12-6)19-15-9-3/h7-19H,1,6H2,2-5H3/b14-8-,15-9-,16-10-,17-13-,20-11+,21-18+,22-19+. The lowest BCUT2D eigenvalue weighted by Gasteiger charge is -2.12. The molecular weight excluding hydrogens is 330 g/mol. The van der Waals surface area contributed by atoms with Crippen LogP contribution in [0.5, 0.6) is 0 Å². The van der Waals surface area contributed by atoms with Gasteiger partial charge in [0, 0.05) is 16.8 Å². The summed E-state index contributed by atoms with van der Waals surface area (Å²) in [4.78, 5) is 0. The van der Waals surface area contributed by atoms with Gasteiger partial charge in [0.2, 0.25) is 0 Å². The summed E-state index contributed by atoms with van der Waals surface area (Å²) in [5.41, 5.74) is 2.81. The van der Waals surface area contributed by atoms with Crippen molar-refractivity contribution in [2.75, 3.05) is 0 Å². The highest BCUT2D eigenvalue weighted by Crippen LogP contribution is 2.25. The largest absolute Gasteiger partial charge is 0.275 e. The molecule has 0 N–H and O–H groups in total. The summed E-state index contributed by atoms with van der Waals surface area (Å²) >= 11 is 0. The lowest BCUT2D eigenvalue weighted by Crippen LogP contribution is -2.05. The Morgan fingerprint density at radius 2 is 1.41 bits per heavy atom. The van der Waals surface area contributed by atoms with Crippen LogP contribution in [0.25, 0.3) is 16.8 Å². The maximum Gasteiger partial charge on any atom is 0.168 e. The third-order valence-electron chi connectivity index (χ3n) is 3.64. The Morgan fingerprint density at radius 1 is 0.778 bits per heavy atom. The number of rotatable bonds is 9. The van der Waals surface area contributed by atoms with Crippen molar-refractivity contribution in [2.24, 2.45) is 0 Å². The molecule has 0 spiro atoms. The third-order valence-corrected chi connectivity index (χ3v) is 3.64. The van der Waals surface area contributed by atoms with E-state index in [9.17, 15) is 0 Å². The molecule has 1 rings (SSSR count). The van der Waals surface area contributed by atoms with Crippen molar-refractivity contribution in [1.82, 2.24) is 14.8 Å². The first-order valence-electron chi connectivity index (χ1n) is 9.01. The van der Waals surface area contributed by atoms with Crippen molar-refractivity contribution in [1.29, 1.82) is 0 Å². The zero-order valence-corrected chi connectivity index (χ0v) is 16.8. The van der Waals surface area contributed by atoms with Crippen LogP contribution < -0.4 is 0 Å². The summed E-state index contributed by atoms with van der Waals surface area (Å²) in [7, 11) is 0. The average molecular weight is 360 g/mol. The van der Waals surface area contributed by atoms with Gasteiger partial charge < -0.3 is 0 Å². The smallest absolute Gasteiger partial charge is 0.168 e. The van der Waals surface area contributed by atoms with Gasteiger partial charge in [-0.3, -0.25) is 4.57 Å². The van der Waals surface area contributed by atoms with Crippen LogP contribution in [0.15, 0.2) is 92.1 Å². The van der Waals surface area contributed by atoms with E-state index < -0.39 is 0 Å². The van der Waals surface area contributed by atoms with Gasteiger partial charge in [-0.25, -0.2) is 0 Å². The zero-order valence-electron chi connectivity index (χ0n) is 16.8. The fourth-order valence-corrected chi connectivity index (χ4v) is 2.39. The molecule has 140 valence electrons. The molecule has 3 heteroatoms. The number of allylic oxidation sites excluding steroid dienone is 16. The molecule has 3 nitrogen and oxygen atoms in total. The Labute approximate surface area is 163 Å². The van der Waals surface area contributed by atoms with E-state index in [2.05, 4.69) is 23.4 Å². The molecule has 27 heavy (non-hydrogen) atoms. The molecule has 0 unspecified atom stereocenters. The molecule has 0 aromatic carbocycles. The van der Waals surface area contributed by atoms with Gasteiger partial charge in [-0.1, -0.05) is 80.0 Å². The van der Waals surface area contributed by atoms with Crippen molar-refractivity contribution < 1.29 is 0 Å². The van der Waals surface area contributed by atoms with E-state index in [1.807, 2.05) is 105 Å². The molecule has 0 fully saturated rings. The monoisotopic (exact) mass is 359 g/mol. The van der Waals surface area contributed by atoms with Crippen LogP contribution in [0.2, 0.25) is 0 Å². The first-order valence-corrected chi connectivity index (χ1v) is 9.01. The molecule has 0 radical (unpaired) electrons. The summed E-state index contributed by atoms with van der Waals surface area (Å²) < 4.78 is 2.02. The van der Waals surface area contributed by atoms with Crippen molar-refractivity contribution >= 4 is 16.8 Å². The quantitative estimate of drug-likeness (QED) is 0.467. The molecule has 1 aromatic heterocycles. The molecule has 0 bridgehead atoms. The van der Waals surface area contributed by atoms with E-state index in [4.69, 9.17) is 0 Å². The number of aromatic nitrogens is 3. The van der Waals surface area contributed by atoms with Crippen molar-refractivity contribution in [3.8, 4) is 0 Å². The molecule has 1 heterocycles. The first kappa shape index (κ1) is 21.8. The predicted molar refractivity (Wildman–Crippen MR) is 120 cm³/mol. The van der Waals surface area contributed by atoms with E-state index in [1.165, 1.54) is 0 Å². The fourth-order valence-electron chi connectivity index (χ4n) is 2.39. The lowest BCUT2D eigenvalue weighted by atomic mass is 10.1. The van der Waals surface area contributed by atoms with E-state index >= 15 is 0 Å². The molecule has 1 aromatic rings. The van der Waals surface area contributed by atoms with Crippen LogP contribution >= 0.6 is 0 Å². The molecule has 0 saturated carbocycles. The highest BCUT2D eigenvalue weighted by Gasteiger charge is 2.17. The number of hydrogen-bond donors (Lipinski definition) is 0. The Hall–Kier alpha value is -3.20. The topological polar surface area (TPSA) is 30.7 Å². The maximum absolute atomic E-state index is 4.49. The third kappa shape index (κ3) is 5.93. The van der Waals surface area contributed by atoms with Gasteiger partial charge in [0.25, 0.3) is 0 Å². The van der Waals surface area contributed by atoms with Crippen LogP contribution in [-0.2, 0) is 0 Å². The normalized spacial score (nSPS) is 14.3. The average Bonchev–Trinajstić information content (AvgIpc) is 3.11. The fraction of sp³-hybridized carbons (Fsp3) is 0.167. The lowest BCUT2D eigenvalue weighted by molar-refractivity contribution is 1.05. The van der Waals surface area contributed by atoms with Gasteiger partial charge in [-0.2, -0.15) is 0 Å². The van der Waals surface area contributed by atoms with Crippen LogP contribution in [0.3, 0.4) is 0 Å². The summed E-state index contributed by atoms with van der Waals surface area (Å²) in [6.07, 6.45) is 25.4. The van der Waals surface area contributed by atoms with Crippen molar-refractivity contribution in [2.45, 2.75) is 27.7 Å². The summed E-state index contributed by atoms with van der Waals surface area (Å²) in [5.74, 6) is 1.50. The van der Waals surface area contributed by atoms with E-state index in [0.29, 0.717) is 0 Å².